The fraction of sp³-hybridized carbons (Fsp3) is 0.556. The SMILES string of the molecule is C=CCC(CC=C)CC(N)OS(=O)(=O)O. The lowest BCUT2D eigenvalue weighted by atomic mass is 9.97. The van der Waals surface area contributed by atoms with Crippen molar-refractivity contribution in [2.45, 2.75) is 25.5 Å². The molecule has 0 aromatic rings. The van der Waals surface area contributed by atoms with Crippen molar-refractivity contribution < 1.29 is 17.2 Å². The molecule has 0 aliphatic rings. The summed E-state index contributed by atoms with van der Waals surface area (Å²) < 4.78 is 33.3. The van der Waals surface area contributed by atoms with Crippen molar-refractivity contribution in [3.8, 4) is 0 Å². The van der Waals surface area contributed by atoms with E-state index in [1.165, 1.54) is 0 Å². The third kappa shape index (κ3) is 8.31. The molecule has 15 heavy (non-hydrogen) atoms. The zero-order chi connectivity index (χ0) is 11.9. The van der Waals surface area contributed by atoms with Crippen LogP contribution in [-0.4, -0.2) is 19.2 Å². The van der Waals surface area contributed by atoms with Gasteiger partial charge < -0.3 is 5.73 Å². The molecule has 88 valence electrons. The fourth-order valence-corrected chi connectivity index (χ4v) is 1.68. The molecule has 0 aliphatic carbocycles. The molecule has 0 aromatic carbocycles. The molecule has 0 bridgehead atoms. The van der Waals surface area contributed by atoms with Gasteiger partial charge in [0.2, 0.25) is 0 Å². The first-order chi connectivity index (χ1) is 6.89. The highest BCUT2D eigenvalue weighted by Gasteiger charge is 2.16. The Morgan fingerprint density at radius 2 is 1.80 bits per heavy atom. The van der Waals surface area contributed by atoms with Crippen LogP contribution in [0.25, 0.3) is 0 Å². The summed E-state index contributed by atoms with van der Waals surface area (Å²) in [5, 5.41) is 0. The Labute approximate surface area is 90.6 Å². The third-order valence-corrected chi connectivity index (χ3v) is 2.30. The molecule has 3 N–H and O–H groups in total. The second-order valence-electron chi connectivity index (χ2n) is 3.21. The summed E-state index contributed by atoms with van der Waals surface area (Å²) in [5.41, 5.74) is 5.39. The van der Waals surface area contributed by atoms with Crippen LogP contribution in [-0.2, 0) is 14.6 Å². The second-order valence-corrected chi connectivity index (χ2v) is 4.26. The molecule has 0 heterocycles. The molecule has 0 amide bonds. The van der Waals surface area contributed by atoms with E-state index in [0.29, 0.717) is 19.3 Å². The predicted octanol–water partition coefficient (Wildman–Crippen LogP) is 1.25. The predicted molar refractivity (Wildman–Crippen MR) is 58.3 cm³/mol. The third-order valence-electron chi connectivity index (χ3n) is 1.81. The van der Waals surface area contributed by atoms with Gasteiger partial charge in [-0.2, -0.15) is 8.42 Å². The molecular formula is C9H17NO4S. The Kier molecular flexibility index (Phi) is 6.42. The lowest BCUT2D eigenvalue weighted by Gasteiger charge is -2.17. The molecule has 1 atom stereocenters. The lowest BCUT2D eigenvalue weighted by molar-refractivity contribution is 0.159. The Morgan fingerprint density at radius 3 is 2.13 bits per heavy atom. The maximum Gasteiger partial charge on any atom is 0.398 e. The summed E-state index contributed by atoms with van der Waals surface area (Å²) in [7, 11) is -4.48. The summed E-state index contributed by atoms with van der Waals surface area (Å²) in [4.78, 5) is 0. The monoisotopic (exact) mass is 235 g/mol. The van der Waals surface area contributed by atoms with E-state index in [1.807, 2.05) is 0 Å². The summed E-state index contributed by atoms with van der Waals surface area (Å²) >= 11 is 0. The topological polar surface area (TPSA) is 89.6 Å². The van der Waals surface area contributed by atoms with Crippen LogP contribution in [0.4, 0.5) is 0 Å². The van der Waals surface area contributed by atoms with Crippen LogP contribution in [0.5, 0.6) is 0 Å². The average Bonchev–Trinajstić information content (AvgIpc) is 2.00. The van der Waals surface area contributed by atoms with E-state index in [9.17, 15) is 8.42 Å². The van der Waals surface area contributed by atoms with E-state index in [1.54, 1.807) is 12.2 Å². The largest absolute Gasteiger partial charge is 0.398 e. The van der Waals surface area contributed by atoms with Gasteiger partial charge in [-0.25, -0.2) is 4.18 Å². The van der Waals surface area contributed by atoms with Gasteiger partial charge in [0.05, 0.1) is 0 Å². The van der Waals surface area contributed by atoms with Crippen molar-refractivity contribution in [2.24, 2.45) is 11.7 Å². The summed E-state index contributed by atoms with van der Waals surface area (Å²) in [5.74, 6) is 0.122. The highest BCUT2D eigenvalue weighted by molar-refractivity contribution is 7.80. The maximum atomic E-state index is 10.4. The normalized spacial score (nSPS) is 13.8. The van der Waals surface area contributed by atoms with E-state index in [-0.39, 0.29) is 5.92 Å². The Hall–Kier alpha value is -0.690. The smallest absolute Gasteiger partial charge is 0.305 e. The minimum Gasteiger partial charge on any atom is -0.305 e. The molecule has 0 radical (unpaired) electrons. The molecule has 0 aliphatic heterocycles. The standard InChI is InChI=1S/C9H17NO4S/c1-3-5-8(6-4-2)7-9(10)14-15(11,12)13/h3-4,8-9H,1-2,5-7,10H2,(H,11,12,13). The van der Waals surface area contributed by atoms with Crippen molar-refractivity contribution in [2.75, 3.05) is 0 Å². The van der Waals surface area contributed by atoms with E-state index < -0.39 is 16.6 Å². The van der Waals surface area contributed by atoms with Gasteiger partial charge in [0.1, 0.15) is 6.23 Å². The maximum absolute atomic E-state index is 10.4. The van der Waals surface area contributed by atoms with Crippen molar-refractivity contribution in [1.82, 2.24) is 0 Å². The quantitative estimate of drug-likeness (QED) is 0.375. The van der Waals surface area contributed by atoms with Crippen LogP contribution in [0.1, 0.15) is 19.3 Å². The lowest BCUT2D eigenvalue weighted by Crippen LogP contribution is -2.29. The Balaban J connectivity index is 4.15. The van der Waals surface area contributed by atoms with Crippen LogP contribution < -0.4 is 5.73 Å². The molecule has 6 heteroatoms. The average molecular weight is 235 g/mol. The van der Waals surface area contributed by atoms with Crippen LogP contribution in [0.15, 0.2) is 25.3 Å². The first-order valence-electron chi connectivity index (χ1n) is 4.52. The van der Waals surface area contributed by atoms with Crippen molar-refractivity contribution in [1.29, 1.82) is 0 Å². The van der Waals surface area contributed by atoms with Crippen molar-refractivity contribution in [3.05, 3.63) is 25.3 Å². The van der Waals surface area contributed by atoms with Crippen LogP contribution >= 0.6 is 0 Å². The molecule has 0 rings (SSSR count). The van der Waals surface area contributed by atoms with Crippen LogP contribution in [0.2, 0.25) is 0 Å². The van der Waals surface area contributed by atoms with Crippen molar-refractivity contribution >= 4 is 10.4 Å². The molecule has 0 saturated heterocycles. The zero-order valence-electron chi connectivity index (χ0n) is 8.50. The van der Waals surface area contributed by atoms with Gasteiger partial charge in [-0.15, -0.1) is 13.2 Å². The first kappa shape index (κ1) is 14.3. The van der Waals surface area contributed by atoms with Gasteiger partial charge >= 0.3 is 10.4 Å². The molecular weight excluding hydrogens is 218 g/mol. The second kappa shape index (κ2) is 6.73. The molecule has 0 spiro atoms. The number of hydrogen-bond donors (Lipinski definition) is 2. The highest BCUT2D eigenvalue weighted by atomic mass is 32.3. The Bertz CT molecular complexity index is 289. The van der Waals surface area contributed by atoms with E-state index in [0.717, 1.165) is 0 Å². The fourth-order valence-electron chi connectivity index (χ4n) is 1.28. The minimum absolute atomic E-state index is 0.122. The van der Waals surface area contributed by atoms with Gasteiger partial charge in [-0.3, -0.25) is 4.55 Å². The molecule has 0 fully saturated rings. The zero-order valence-corrected chi connectivity index (χ0v) is 9.32. The number of rotatable bonds is 8. The number of allylic oxidation sites excluding steroid dienone is 2. The van der Waals surface area contributed by atoms with Gasteiger partial charge in [-0.1, -0.05) is 12.2 Å². The minimum atomic E-state index is -4.48. The van der Waals surface area contributed by atoms with Crippen LogP contribution in [0, 0.1) is 5.92 Å². The molecule has 0 aromatic heterocycles. The Morgan fingerprint density at radius 1 is 1.33 bits per heavy atom. The van der Waals surface area contributed by atoms with E-state index in [4.69, 9.17) is 10.3 Å². The highest BCUT2D eigenvalue weighted by Crippen LogP contribution is 2.17. The van der Waals surface area contributed by atoms with Crippen LogP contribution in [0.3, 0.4) is 0 Å². The van der Waals surface area contributed by atoms with Gasteiger partial charge in [0, 0.05) is 0 Å². The number of nitrogens with two attached hydrogens (primary N) is 1. The summed E-state index contributed by atoms with van der Waals surface area (Å²) in [6.45, 7) is 7.16. The number of hydrogen-bond acceptors (Lipinski definition) is 4. The summed E-state index contributed by atoms with van der Waals surface area (Å²) in [6, 6.07) is 0. The molecule has 5 nitrogen and oxygen atoms in total. The van der Waals surface area contributed by atoms with E-state index in [2.05, 4.69) is 17.3 Å². The van der Waals surface area contributed by atoms with Crippen molar-refractivity contribution in [3.63, 3.8) is 0 Å². The molecule has 0 saturated carbocycles. The summed E-state index contributed by atoms with van der Waals surface area (Å²) in [6.07, 6.45) is 4.09. The van der Waals surface area contributed by atoms with Gasteiger partial charge in [-0.05, 0) is 25.2 Å². The molecule has 1 unspecified atom stereocenters. The first-order valence-corrected chi connectivity index (χ1v) is 5.88. The van der Waals surface area contributed by atoms with Gasteiger partial charge in [0.15, 0.2) is 0 Å². The van der Waals surface area contributed by atoms with Gasteiger partial charge in [0.25, 0.3) is 0 Å². The van der Waals surface area contributed by atoms with E-state index >= 15 is 0 Å².